The maximum absolute atomic E-state index is 3.94. The minimum absolute atomic E-state index is 0.113. The molecule has 30 heavy (non-hydrogen) atoms. The summed E-state index contributed by atoms with van der Waals surface area (Å²) in [7, 11) is 0.731. The molecule has 0 aromatic carbocycles. The van der Waals surface area contributed by atoms with Crippen molar-refractivity contribution in [1.29, 1.82) is 0 Å². The molecule has 0 aromatic rings. The lowest BCUT2D eigenvalue weighted by atomic mass is 10.0. The van der Waals surface area contributed by atoms with Crippen molar-refractivity contribution >= 4 is 16.5 Å². The number of hydrogen-bond acceptors (Lipinski definition) is 0. The summed E-state index contributed by atoms with van der Waals surface area (Å²) >= 11 is 0. The second-order valence-corrected chi connectivity index (χ2v) is 10.0. The summed E-state index contributed by atoms with van der Waals surface area (Å²) in [5.74, 6) is 0. The largest absolute Gasteiger partial charge is 0.0990 e. The average Bonchev–Trinajstić information content (AvgIpc) is 2.85. The van der Waals surface area contributed by atoms with Crippen molar-refractivity contribution in [2.45, 2.75) is 79.8 Å². The van der Waals surface area contributed by atoms with Crippen LogP contribution in [0.5, 0.6) is 0 Å². The lowest BCUT2D eigenvalue weighted by Crippen LogP contribution is -2.14. The fourth-order valence-corrected chi connectivity index (χ4v) is 7.98. The van der Waals surface area contributed by atoms with E-state index < -0.39 is 0 Å². The van der Waals surface area contributed by atoms with Gasteiger partial charge in [-0.3, -0.25) is 0 Å². The van der Waals surface area contributed by atoms with E-state index in [0.717, 1.165) is 14.2 Å². The van der Waals surface area contributed by atoms with Gasteiger partial charge in [0.05, 0.1) is 0 Å². The molecular formula is C28H48P2. The van der Waals surface area contributed by atoms with Crippen LogP contribution in [0, 0.1) is 0 Å². The molecule has 0 amide bonds. The zero-order valence-corrected chi connectivity index (χ0v) is 22.8. The Balaban J connectivity index is 0. The van der Waals surface area contributed by atoms with Crippen LogP contribution in [0.15, 0.2) is 84.0 Å². The quantitative estimate of drug-likeness (QED) is 0.244. The highest BCUT2D eigenvalue weighted by Crippen LogP contribution is 2.56. The number of allylic oxidation sites excluding steroid dienone is 12. The standard InChI is InChI=1S/C22H30P2.3C2H6/c1-4-12-20(6-3)23-17-18-24(21-14-8-7-9-15-21)22-16-11-10-13-19(22)5-2;3*1-2/h4,6,8,10-15,22-23H,1,3,5,7,9,16-18H2,2H3;3*1-2H3/b20-12+;;;/t22?,24-;;;/m0.../s1. The predicted molar refractivity (Wildman–Crippen MR) is 150 cm³/mol. The maximum atomic E-state index is 3.94. The molecule has 0 radical (unpaired) electrons. The van der Waals surface area contributed by atoms with E-state index in [1.165, 1.54) is 43.3 Å². The monoisotopic (exact) mass is 446 g/mol. The lowest BCUT2D eigenvalue weighted by molar-refractivity contribution is 0.899. The van der Waals surface area contributed by atoms with Gasteiger partial charge in [-0.25, -0.2) is 0 Å². The molecule has 0 N–H and O–H groups in total. The highest BCUT2D eigenvalue weighted by atomic mass is 31.1. The molecule has 2 aliphatic carbocycles. The Morgan fingerprint density at radius 3 is 2.33 bits per heavy atom. The van der Waals surface area contributed by atoms with Gasteiger partial charge in [0, 0.05) is 5.66 Å². The van der Waals surface area contributed by atoms with E-state index in [2.05, 4.69) is 62.6 Å². The summed E-state index contributed by atoms with van der Waals surface area (Å²) in [6.45, 7) is 22.1. The van der Waals surface area contributed by atoms with E-state index in [-0.39, 0.29) is 7.92 Å². The second kappa shape index (κ2) is 22.7. The summed E-state index contributed by atoms with van der Waals surface area (Å²) in [6, 6.07) is 0. The minimum atomic E-state index is -0.113. The van der Waals surface area contributed by atoms with Gasteiger partial charge in [-0.2, -0.15) is 0 Å². The number of hydrogen-bond donors (Lipinski definition) is 0. The Morgan fingerprint density at radius 1 is 1.10 bits per heavy atom. The van der Waals surface area contributed by atoms with Gasteiger partial charge in [-0.05, 0) is 48.6 Å². The average molecular weight is 447 g/mol. The molecule has 0 aliphatic heterocycles. The normalized spacial score (nSPS) is 18.5. The van der Waals surface area contributed by atoms with Crippen LogP contribution in [0.1, 0.15) is 74.1 Å². The van der Waals surface area contributed by atoms with Crippen LogP contribution >= 0.6 is 16.5 Å². The van der Waals surface area contributed by atoms with Crippen molar-refractivity contribution in [3.05, 3.63) is 84.0 Å². The molecule has 0 aromatic heterocycles. The predicted octanol–water partition coefficient (Wildman–Crippen LogP) is 10.4. The van der Waals surface area contributed by atoms with Gasteiger partial charge >= 0.3 is 0 Å². The first-order chi connectivity index (χ1) is 14.8. The molecule has 0 saturated carbocycles. The number of rotatable bonds is 9. The third-order valence-corrected chi connectivity index (χ3v) is 9.22. The smallest absolute Gasteiger partial charge is 0.00783 e. The molecule has 0 saturated heterocycles. The Bertz CT molecular complexity index is 588. The topological polar surface area (TPSA) is 0 Å². The third-order valence-electron chi connectivity index (χ3n) is 4.52. The van der Waals surface area contributed by atoms with Crippen LogP contribution in [-0.2, 0) is 0 Å². The Labute approximate surface area is 192 Å². The van der Waals surface area contributed by atoms with Gasteiger partial charge in [0.15, 0.2) is 0 Å². The minimum Gasteiger partial charge on any atom is -0.0990 e. The van der Waals surface area contributed by atoms with Crippen molar-refractivity contribution in [2.75, 3.05) is 12.3 Å². The summed E-state index contributed by atoms with van der Waals surface area (Å²) in [5.41, 5.74) is 2.39. The highest BCUT2D eigenvalue weighted by molar-refractivity contribution is 7.64. The molecule has 2 rings (SSSR count). The summed E-state index contributed by atoms with van der Waals surface area (Å²) in [5, 5.41) is 2.97. The molecule has 2 heteroatoms. The van der Waals surface area contributed by atoms with Crippen LogP contribution in [0.4, 0.5) is 0 Å². The Hall–Kier alpha value is -0.960. The molecule has 2 unspecified atom stereocenters. The molecular weight excluding hydrogens is 398 g/mol. The Morgan fingerprint density at radius 2 is 1.80 bits per heavy atom. The van der Waals surface area contributed by atoms with E-state index in [9.17, 15) is 0 Å². The van der Waals surface area contributed by atoms with Gasteiger partial charge in [0.1, 0.15) is 0 Å². The zero-order chi connectivity index (χ0) is 23.2. The van der Waals surface area contributed by atoms with E-state index >= 15 is 0 Å². The van der Waals surface area contributed by atoms with Gasteiger partial charge in [0.25, 0.3) is 0 Å². The molecule has 0 spiro atoms. The molecule has 0 bridgehead atoms. The van der Waals surface area contributed by atoms with Gasteiger partial charge < -0.3 is 0 Å². The lowest BCUT2D eigenvalue weighted by Gasteiger charge is -2.32. The van der Waals surface area contributed by atoms with Crippen molar-refractivity contribution < 1.29 is 0 Å². The van der Waals surface area contributed by atoms with Crippen molar-refractivity contribution in [3.63, 3.8) is 0 Å². The van der Waals surface area contributed by atoms with Crippen LogP contribution in [0.25, 0.3) is 0 Å². The molecule has 0 heterocycles. The van der Waals surface area contributed by atoms with Crippen LogP contribution in [0.2, 0.25) is 0 Å². The summed E-state index contributed by atoms with van der Waals surface area (Å²) < 4.78 is 0. The van der Waals surface area contributed by atoms with E-state index in [1.54, 1.807) is 10.9 Å². The van der Waals surface area contributed by atoms with Crippen molar-refractivity contribution in [1.82, 2.24) is 0 Å². The van der Waals surface area contributed by atoms with E-state index in [4.69, 9.17) is 0 Å². The fraction of sp³-hybridized carbons (Fsp3) is 0.500. The SMILES string of the molecule is C=C/C=C(\C=C)PCC[P@@](C1=CCCC=C1)C1CC=CC=C1CC.CC.CC.CC. The van der Waals surface area contributed by atoms with E-state index in [0.29, 0.717) is 0 Å². The molecule has 0 nitrogen and oxygen atoms in total. The van der Waals surface area contributed by atoms with Crippen LogP contribution < -0.4 is 0 Å². The summed E-state index contributed by atoms with van der Waals surface area (Å²) in [4.78, 5) is 0. The first-order valence-corrected chi connectivity index (χ1v) is 14.8. The molecule has 0 fully saturated rings. The molecule has 170 valence electrons. The van der Waals surface area contributed by atoms with Crippen LogP contribution in [-0.4, -0.2) is 18.0 Å². The van der Waals surface area contributed by atoms with Crippen molar-refractivity contribution in [3.8, 4) is 0 Å². The summed E-state index contributed by atoms with van der Waals surface area (Å²) in [6.07, 6.45) is 27.7. The van der Waals surface area contributed by atoms with Crippen molar-refractivity contribution in [2.24, 2.45) is 0 Å². The maximum Gasteiger partial charge on any atom is 0.00783 e. The van der Waals surface area contributed by atoms with Gasteiger partial charge in [-0.1, -0.05) is 138 Å². The molecule has 2 aliphatic rings. The van der Waals surface area contributed by atoms with Gasteiger partial charge in [-0.15, -0.1) is 0 Å². The first-order valence-electron chi connectivity index (χ1n) is 12.0. The zero-order valence-electron chi connectivity index (χ0n) is 20.9. The fourth-order valence-electron chi connectivity index (χ4n) is 3.27. The highest BCUT2D eigenvalue weighted by Gasteiger charge is 2.26. The van der Waals surface area contributed by atoms with E-state index in [1.807, 2.05) is 53.7 Å². The first kappa shape index (κ1) is 31.2. The Kier molecular flexibility index (Phi) is 23.6. The molecule has 3 atom stereocenters. The van der Waals surface area contributed by atoms with Gasteiger partial charge in [0.2, 0.25) is 0 Å². The second-order valence-electron chi connectivity index (χ2n) is 6.07. The third kappa shape index (κ3) is 12.0. The van der Waals surface area contributed by atoms with Crippen LogP contribution in [0.3, 0.4) is 0 Å².